The van der Waals surface area contributed by atoms with Crippen LogP contribution in [0.3, 0.4) is 0 Å². The number of nitrogens with one attached hydrogen (secondary N) is 1. The number of nitrogens with zero attached hydrogens (tertiary/aromatic N) is 1. The van der Waals surface area contributed by atoms with Gasteiger partial charge in [-0.3, -0.25) is 9.59 Å². The van der Waals surface area contributed by atoms with E-state index in [1.165, 1.54) is 0 Å². The van der Waals surface area contributed by atoms with E-state index < -0.39 is 5.97 Å². The molecule has 2 saturated heterocycles. The Bertz CT molecular complexity index is 537. The average molecular weight is 325 g/mol. The molecule has 1 amide bonds. The van der Waals surface area contributed by atoms with Crippen molar-refractivity contribution in [3.63, 3.8) is 0 Å². The van der Waals surface area contributed by atoms with E-state index in [4.69, 9.17) is 5.11 Å². The summed E-state index contributed by atoms with van der Waals surface area (Å²) in [6.45, 7) is 2.60. The number of likely N-dealkylation sites (tertiary alicyclic amines) is 1. The van der Waals surface area contributed by atoms with Crippen LogP contribution in [-0.4, -0.2) is 41.5 Å². The SMILES string of the molecule is Cl.O=C(O)CCC(=O)N1C[C@@H]2CNC[C@@H]2[C@@H]1c1ccccc1. The van der Waals surface area contributed by atoms with Gasteiger partial charge in [0.05, 0.1) is 12.5 Å². The highest BCUT2D eigenvalue weighted by molar-refractivity contribution is 5.85. The molecule has 0 aromatic heterocycles. The largest absolute Gasteiger partial charge is 0.481 e. The average Bonchev–Trinajstić information content (AvgIpc) is 3.05. The lowest BCUT2D eigenvalue weighted by molar-refractivity contribution is -0.141. The van der Waals surface area contributed by atoms with E-state index in [1.54, 1.807) is 0 Å². The van der Waals surface area contributed by atoms with Crippen LogP contribution in [0.25, 0.3) is 0 Å². The third kappa shape index (κ3) is 3.25. The van der Waals surface area contributed by atoms with Crippen molar-refractivity contribution in [2.24, 2.45) is 11.8 Å². The summed E-state index contributed by atoms with van der Waals surface area (Å²) in [5.74, 6) is -0.0496. The summed E-state index contributed by atoms with van der Waals surface area (Å²) in [7, 11) is 0. The Morgan fingerprint density at radius 1 is 1.18 bits per heavy atom. The smallest absolute Gasteiger partial charge is 0.303 e. The first-order valence-corrected chi connectivity index (χ1v) is 7.43. The minimum absolute atomic E-state index is 0. The zero-order chi connectivity index (χ0) is 14.8. The lowest BCUT2D eigenvalue weighted by Gasteiger charge is -2.28. The third-order valence-electron chi connectivity index (χ3n) is 4.58. The maximum atomic E-state index is 12.4. The molecule has 0 radical (unpaired) electrons. The number of aliphatic carboxylic acids is 1. The van der Waals surface area contributed by atoms with Crippen molar-refractivity contribution in [3.05, 3.63) is 35.9 Å². The molecule has 1 aromatic carbocycles. The third-order valence-corrected chi connectivity index (χ3v) is 4.58. The van der Waals surface area contributed by atoms with Crippen molar-refractivity contribution < 1.29 is 14.7 Å². The number of amides is 1. The highest BCUT2D eigenvalue weighted by Crippen LogP contribution is 2.42. The zero-order valence-corrected chi connectivity index (χ0v) is 13.1. The summed E-state index contributed by atoms with van der Waals surface area (Å²) < 4.78 is 0. The summed E-state index contributed by atoms with van der Waals surface area (Å²) in [6.07, 6.45) is -0.00401. The van der Waals surface area contributed by atoms with Crippen LogP contribution in [-0.2, 0) is 9.59 Å². The quantitative estimate of drug-likeness (QED) is 0.884. The second-order valence-electron chi connectivity index (χ2n) is 5.88. The van der Waals surface area contributed by atoms with Crippen molar-refractivity contribution in [2.45, 2.75) is 18.9 Å². The predicted octanol–water partition coefficient (Wildman–Crippen LogP) is 1.69. The molecule has 0 spiro atoms. The van der Waals surface area contributed by atoms with Crippen molar-refractivity contribution >= 4 is 24.3 Å². The molecule has 2 heterocycles. The zero-order valence-electron chi connectivity index (χ0n) is 12.3. The fraction of sp³-hybridized carbons (Fsp3) is 0.500. The number of halogens is 1. The van der Waals surface area contributed by atoms with Gasteiger partial charge in [0.15, 0.2) is 0 Å². The number of hydrogen-bond acceptors (Lipinski definition) is 3. The van der Waals surface area contributed by atoms with E-state index >= 15 is 0 Å². The first-order valence-electron chi connectivity index (χ1n) is 7.43. The monoisotopic (exact) mass is 324 g/mol. The normalized spacial score (nSPS) is 26.4. The van der Waals surface area contributed by atoms with Crippen LogP contribution in [0.4, 0.5) is 0 Å². The van der Waals surface area contributed by atoms with Gasteiger partial charge in [0.1, 0.15) is 0 Å². The van der Waals surface area contributed by atoms with Gasteiger partial charge in [0.2, 0.25) is 5.91 Å². The Hall–Kier alpha value is -1.59. The van der Waals surface area contributed by atoms with Gasteiger partial charge in [-0.15, -0.1) is 12.4 Å². The summed E-state index contributed by atoms with van der Waals surface area (Å²) in [4.78, 5) is 25.0. The minimum atomic E-state index is -0.916. The fourth-order valence-electron chi connectivity index (χ4n) is 3.61. The van der Waals surface area contributed by atoms with Crippen molar-refractivity contribution in [3.8, 4) is 0 Å². The molecule has 22 heavy (non-hydrogen) atoms. The van der Waals surface area contributed by atoms with Gasteiger partial charge >= 0.3 is 5.97 Å². The Balaban J connectivity index is 0.00000176. The number of hydrogen-bond donors (Lipinski definition) is 2. The maximum absolute atomic E-state index is 12.4. The molecule has 0 unspecified atom stereocenters. The van der Waals surface area contributed by atoms with Crippen LogP contribution in [0.2, 0.25) is 0 Å². The van der Waals surface area contributed by atoms with Crippen LogP contribution < -0.4 is 5.32 Å². The van der Waals surface area contributed by atoms with Gasteiger partial charge in [-0.2, -0.15) is 0 Å². The maximum Gasteiger partial charge on any atom is 0.303 e. The molecule has 5 nitrogen and oxygen atoms in total. The summed E-state index contributed by atoms with van der Waals surface area (Å²) >= 11 is 0. The molecule has 2 aliphatic heterocycles. The molecule has 0 saturated carbocycles. The molecule has 6 heteroatoms. The van der Waals surface area contributed by atoms with Crippen LogP contribution in [0.5, 0.6) is 0 Å². The summed E-state index contributed by atoms with van der Waals surface area (Å²) in [5.41, 5.74) is 1.15. The van der Waals surface area contributed by atoms with Gasteiger partial charge in [0, 0.05) is 32.0 Å². The van der Waals surface area contributed by atoms with Gasteiger partial charge in [0.25, 0.3) is 0 Å². The van der Waals surface area contributed by atoms with Gasteiger partial charge in [-0.25, -0.2) is 0 Å². The Morgan fingerprint density at radius 3 is 2.59 bits per heavy atom. The standard InChI is InChI=1S/C16H20N2O3.ClH/c19-14(6-7-15(20)21)18-10-12-8-17-9-13(12)16(18)11-4-2-1-3-5-11;/h1-5,12-13,16-17H,6-10H2,(H,20,21);1H/t12-,13-,16-;/m0./s1. The number of carboxylic acid groups (broad SMARTS) is 1. The van der Waals surface area contributed by atoms with E-state index in [0.717, 1.165) is 25.2 Å². The number of carbonyl (C=O) groups excluding carboxylic acids is 1. The van der Waals surface area contributed by atoms with Crippen LogP contribution in [0, 0.1) is 11.8 Å². The topological polar surface area (TPSA) is 69.6 Å². The number of fused-ring (bicyclic) bond motifs is 1. The van der Waals surface area contributed by atoms with Crippen LogP contribution in [0.1, 0.15) is 24.4 Å². The number of carboxylic acids is 1. The fourth-order valence-corrected chi connectivity index (χ4v) is 3.61. The first kappa shape index (κ1) is 16.8. The molecule has 0 aliphatic carbocycles. The summed E-state index contributed by atoms with van der Waals surface area (Å²) in [5, 5.41) is 12.2. The molecule has 120 valence electrons. The van der Waals surface area contributed by atoms with E-state index in [1.807, 2.05) is 23.1 Å². The first-order chi connectivity index (χ1) is 10.2. The number of benzene rings is 1. The Morgan fingerprint density at radius 2 is 1.91 bits per heavy atom. The van der Waals surface area contributed by atoms with E-state index in [9.17, 15) is 9.59 Å². The van der Waals surface area contributed by atoms with Gasteiger partial charge in [-0.05, 0) is 11.5 Å². The highest BCUT2D eigenvalue weighted by Gasteiger charge is 2.46. The molecule has 3 atom stereocenters. The van der Waals surface area contributed by atoms with Crippen molar-refractivity contribution in [1.29, 1.82) is 0 Å². The summed E-state index contributed by atoms with van der Waals surface area (Å²) in [6, 6.07) is 10.1. The molecule has 3 rings (SSSR count). The Kier molecular flexibility index (Phi) is 5.42. The molecular weight excluding hydrogens is 304 g/mol. The lowest BCUT2D eigenvalue weighted by atomic mass is 9.89. The molecule has 2 aliphatic rings. The molecular formula is C16H21ClN2O3. The predicted molar refractivity (Wildman–Crippen MR) is 84.9 cm³/mol. The van der Waals surface area contributed by atoms with Gasteiger partial charge in [-0.1, -0.05) is 30.3 Å². The van der Waals surface area contributed by atoms with E-state index in [2.05, 4.69) is 17.4 Å². The second-order valence-corrected chi connectivity index (χ2v) is 5.88. The minimum Gasteiger partial charge on any atom is -0.481 e. The number of carbonyl (C=O) groups is 2. The van der Waals surface area contributed by atoms with Crippen molar-refractivity contribution in [2.75, 3.05) is 19.6 Å². The van der Waals surface area contributed by atoms with Crippen LogP contribution >= 0.6 is 12.4 Å². The van der Waals surface area contributed by atoms with Crippen LogP contribution in [0.15, 0.2) is 30.3 Å². The lowest BCUT2D eigenvalue weighted by Crippen LogP contribution is -2.34. The molecule has 1 aromatic rings. The molecule has 0 bridgehead atoms. The number of rotatable bonds is 4. The molecule has 2 N–H and O–H groups in total. The highest BCUT2D eigenvalue weighted by atomic mass is 35.5. The Labute approximate surface area is 136 Å². The van der Waals surface area contributed by atoms with Crippen molar-refractivity contribution in [1.82, 2.24) is 10.2 Å². The second kappa shape index (κ2) is 7.11. The van der Waals surface area contributed by atoms with E-state index in [0.29, 0.717) is 11.8 Å². The van der Waals surface area contributed by atoms with E-state index in [-0.39, 0.29) is 37.2 Å². The molecule has 2 fully saturated rings. The van der Waals surface area contributed by atoms with Gasteiger partial charge < -0.3 is 15.3 Å².